The number of carboxylic acid groups (broad SMARTS) is 1. The minimum atomic E-state index is -4.43. The Morgan fingerprint density at radius 1 is 0.818 bits per heavy atom. The third-order valence-electron chi connectivity index (χ3n) is 8.66. The molecule has 302 valence electrons. The maximum Gasteiger partial charge on any atom is 0.426 e. The third-order valence-corrected chi connectivity index (χ3v) is 10.9. The number of carbonyl (C=O) groups is 1. The van der Waals surface area contributed by atoms with Gasteiger partial charge in [0.2, 0.25) is 0 Å². The van der Waals surface area contributed by atoms with Gasteiger partial charge in [0.15, 0.2) is 5.85 Å². The highest BCUT2D eigenvalue weighted by molar-refractivity contribution is 7.52. The smallest absolute Gasteiger partial charge is 0.426 e. The number of hydrogen-bond acceptors (Lipinski definition) is 7. The minimum Gasteiger partial charge on any atom is -0.488 e. The van der Waals surface area contributed by atoms with Crippen LogP contribution in [0, 0.1) is 0 Å². The molecule has 0 radical (unpaired) electrons. The lowest BCUT2D eigenvalue weighted by Crippen LogP contribution is -2.20. The summed E-state index contributed by atoms with van der Waals surface area (Å²) in [6.07, 6.45) is 6.03. The molecule has 3 aromatic carbocycles. The number of alkyl halides is 3. The number of carboxylic acids is 1. The summed E-state index contributed by atoms with van der Waals surface area (Å²) >= 11 is 0.692. The van der Waals surface area contributed by atoms with E-state index >= 15 is 0 Å². The number of ether oxygens (including phenoxy) is 1. The fraction of sp³-hybridized carbons (Fsp3) is 0.439. The lowest BCUT2D eigenvalue weighted by Gasteiger charge is -2.12. The van der Waals surface area contributed by atoms with Crippen LogP contribution in [0.3, 0.4) is 0 Å². The maximum absolute atomic E-state index is 13.5. The van der Waals surface area contributed by atoms with Gasteiger partial charge < -0.3 is 35.4 Å². The van der Waals surface area contributed by atoms with E-state index in [0.29, 0.717) is 53.7 Å². The molecule has 1 aromatic heterocycles. The summed E-state index contributed by atoms with van der Waals surface area (Å²) in [4.78, 5) is 28.0. The molecule has 0 bridgehead atoms. The Kier molecular flexibility index (Phi) is 20.1. The molecule has 1 unspecified atom stereocenters. The Hall–Kier alpha value is -3.55. The minimum absolute atomic E-state index is 0.0385. The van der Waals surface area contributed by atoms with Gasteiger partial charge in [-0.1, -0.05) is 112 Å². The number of nitrogens with one attached hydrogen (secondary N) is 2. The SMILES string of the molecule is CCCCCCCCCc1ccc(CNCCC(O)P(=O)(O)O)cc1.O=C(O)CCNCc1ccc(OCc2cc(-c3ccccc3)c(C(F)(F)F)s2)cc1. The number of aliphatic carboxylic acids is 1. The van der Waals surface area contributed by atoms with Crippen molar-refractivity contribution in [2.75, 3.05) is 13.1 Å². The molecule has 4 aromatic rings. The van der Waals surface area contributed by atoms with Crippen molar-refractivity contribution in [1.82, 2.24) is 10.6 Å². The number of aryl methyl sites for hydroxylation is 1. The number of benzene rings is 3. The van der Waals surface area contributed by atoms with E-state index in [1.165, 1.54) is 56.6 Å². The predicted octanol–water partition coefficient (Wildman–Crippen LogP) is 9.53. The van der Waals surface area contributed by atoms with Crippen molar-refractivity contribution < 1.29 is 47.3 Å². The normalized spacial score (nSPS) is 12.2. The number of rotatable bonds is 23. The van der Waals surface area contributed by atoms with Gasteiger partial charge in [-0.05, 0) is 66.3 Å². The average molecular weight is 807 g/mol. The molecule has 14 heteroatoms. The molecule has 0 amide bonds. The number of unbranched alkanes of at least 4 members (excludes halogenated alkanes) is 6. The van der Waals surface area contributed by atoms with Crippen molar-refractivity contribution in [3.63, 3.8) is 0 Å². The molecular formula is C41H54F3N2O7PS. The van der Waals surface area contributed by atoms with E-state index in [4.69, 9.17) is 19.6 Å². The van der Waals surface area contributed by atoms with E-state index < -0.39 is 30.5 Å². The molecule has 1 atom stereocenters. The van der Waals surface area contributed by atoms with Crippen LogP contribution in [0.15, 0.2) is 84.9 Å². The Labute approximate surface area is 326 Å². The van der Waals surface area contributed by atoms with Crippen LogP contribution >= 0.6 is 18.9 Å². The quantitative estimate of drug-likeness (QED) is 0.0319. The summed E-state index contributed by atoms with van der Waals surface area (Å²) in [5.74, 6) is -1.89. The second-order valence-corrected chi connectivity index (χ2v) is 16.2. The van der Waals surface area contributed by atoms with Gasteiger partial charge in [0.25, 0.3) is 0 Å². The standard InChI is InChI=1S/C22H20F3NO3S.C19H34NO4P/c23-22(24,25)21-19(16-4-2-1-3-5-16)12-18(30-21)14-29-17-8-6-15(7-9-17)13-26-11-10-20(27)28;1-2-3-4-5-6-7-8-9-17-10-12-18(13-11-17)16-20-15-14-19(21)25(22,23)24/h1-9,12,26H,10-11,13-14H2,(H,27,28);10-13,19-21H,2-9,14-16H2,1H3,(H2,22,23,24). The molecular weight excluding hydrogens is 752 g/mol. The van der Waals surface area contributed by atoms with Gasteiger partial charge in [0, 0.05) is 30.1 Å². The second-order valence-electron chi connectivity index (χ2n) is 13.3. The van der Waals surface area contributed by atoms with Crippen LogP contribution in [-0.4, -0.2) is 44.9 Å². The summed E-state index contributed by atoms with van der Waals surface area (Å²) in [6.45, 7) is 4.17. The zero-order valence-electron chi connectivity index (χ0n) is 31.3. The average Bonchev–Trinajstić information content (AvgIpc) is 3.61. The first-order chi connectivity index (χ1) is 26.3. The molecule has 0 aliphatic rings. The third kappa shape index (κ3) is 18.3. The van der Waals surface area contributed by atoms with Gasteiger partial charge in [-0.25, -0.2) is 0 Å². The summed E-state index contributed by atoms with van der Waals surface area (Å²) in [5.41, 5.74) is 4.12. The molecule has 0 aliphatic carbocycles. The Morgan fingerprint density at radius 3 is 1.96 bits per heavy atom. The summed E-state index contributed by atoms with van der Waals surface area (Å²) in [7, 11) is -4.38. The van der Waals surface area contributed by atoms with Crippen molar-refractivity contribution >= 4 is 24.9 Å². The number of aliphatic hydroxyl groups excluding tert-OH is 1. The van der Waals surface area contributed by atoms with Crippen molar-refractivity contribution in [2.45, 2.75) is 103 Å². The van der Waals surface area contributed by atoms with Crippen molar-refractivity contribution in [2.24, 2.45) is 0 Å². The Bertz CT molecular complexity index is 1720. The highest BCUT2D eigenvalue weighted by Gasteiger charge is 2.36. The first kappa shape index (κ1) is 45.8. The van der Waals surface area contributed by atoms with E-state index in [9.17, 15) is 27.6 Å². The molecule has 0 spiro atoms. The van der Waals surface area contributed by atoms with Gasteiger partial charge in [-0.15, -0.1) is 11.3 Å². The molecule has 4 rings (SSSR count). The molecule has 6 N–H and O–H groups in total. The van der Waals surface area contributed by atoms with Gasteiger partial charge >= 0.3 is 19.7 Å². The van der Waals surface area contributed by atoms with Gasteiger partial charge in [-0.2, -0.15) is 13.2 Å². The highest BCUT2D eigenvalue weighted by atomic mass is 32.1. The summed E-state index contributed by atoms with van der Waals surface area (Å²) in [6, 6.07) is 25.6. The van der Waals surface area contributed by atoms with E-state index in [1.54, 1.807) is 42.5 Å². The highest BCUT2D eigenvalue weighted by Crippen LogP contribution is 2.43. The molecule has 55 heavy (non-hydrogen) atoms. The summed E-state index contributed by atoms with van der Waals surface area (Å²) in [5, 5.41) is 24.0. The fourth-order valence-electron chi connectivity index (χ4n) is 5.58. The largest absolute Gasteiger partial charge is 0.488 e. The first-order valence-electron chi connectivity index (χ1n) is 18.7. The van der Waals surface area contributed by atoms with Crippen molar-refractivity contribution in [1.29, 1.82) is 0 Å². The van der Waals surface area contributed by atoms with Crippen LogP contribution < -0.4 is 15.4 Å². The molecule has 0 aliphatic heterocycles. The van der Waals surface area contributed by atoms with Gasteiger partial charge in [0.1, 0.15) is 17.2 Å². The molecule has 9 nitrogen and oxygen atoms in total. The van der Waals surface area contributed by atoms with E-state index in [-0.39, 0.29) is 25.0 Å². The number of aliphatic hydroxyl groups is 1. The lowest BCUT2D eigenvalue weighted by atomic mass is 10.0. The van der Waals surface area contributed by atoms with E-state index in [2.05, 4.69) is 41.8 Å². The first-order valence-corrected chi connectivity index (χ1v) is 21.2. The number of halogens is 3. The van der Waals surface area contributed by atoms with Crippen molar-refractivity contribution in [3.8, 4) is 16.9 Å². The molecule has 0 saturated heterocycles. The molecule has 0 saturated carbocycles. The van der Waals surface area contributed by atoms with Crippen LogP contribution in [0.5, 0.6) is 5.75 Å². The van der Waals surface area contributed by atoms with Crippen molar-refractivity contribution in [3.05, 3.63) is 111 Å². The van der Waals surface area contributed by atoms with E-state index in [0.717, 1.165) is 17.5 Å². The number of thiophene rings is 1. The fourth-order valence-corrected chi connectivity index (χ4v) is 7.01. The summed E-state index contributed by atoms with van der Waals surface area (Å²) < 4.78 is 56.9. The van der Waals surface area contributed by atoms with Crippen LogP contribution in [-0.2, 0) is 41.7 Å². The topological polar surface area (TPSA) is 148 Å². The van der Waals surface area contributed by atoms with E-state index in [1.807, 2.05) is 12.1 Å². The zero-order chi connectivity index (χ0) is 40.1. The predicted molar refractivity (Wildman–Crippen MR) is 212 cm³/mol. The second kappa shape index (κ2) is 24.2. The van der Waals surface area contributed by atoms with Crippen LogP contribution in [0.4, 0.5) is 13.2 Å². The van der Waals surface area contributed by atoms with Crippen LogP contribution in [0.25, 0.3) is 11.1 Å². The maximum atomic E-state index is 13.5. The van der Waals surface area contributed by atoms with Gasteiger partial charge in [0.05, 0.1) is 6.42 Å². The lowest BCUT2D eigenvalue weighted by molar-refractivity contribution is -0.137. The van der Waals surface area contributed by atoms with Crippen LogP contribution in [0.2, 0.25) is 0 Å². The molecule has 1 heterocycles. The Balaban J connectivity index is 0.000000301. The monoisotopic (exact) mass is 806 g/mol. The van der Waals surface area contributed by atoms with Gasteiger partial charge in [-0.3, -0.25) is 9.36 Å². The zero-order valence-corrected chi connectivity index (χ0v) is 33.0. The van der Waals surface area contributed by atoms with Crippen LogP contribution in [0.1, 0.15) is 91.2 Å². The number of hydrogen-bond donors (Lipinski definition) is 6. The Morgan fingerprint density at radius 2 is 1.38 bits per heavy atom. The molecule has 0 fully saturated rings.